The van der Waals surface area contributed by atoms with Gasteiger partial charge in [-0.25, -0.2) is 4.99 Å². The first-order valence-corrected chi connectivity index (χ1v) is 21.3. The third-order valence-corrected chi connectivity index (χ3v) is 12.9. The maximum absolute atomic E-state index is 7.25. The van der Waals surface area contributed by atoms with E-state index in [9.17, 15) is 0 Å². The summed E-state index contributed by atoms with van der Waals surface area (Å²) in [4.78, 5) is 5.47. The van der Waals surface area contributed by atoms with Gasteiger partial charge in [0, 0.05) is 21.5 Å². The molecule has 5 nitrogen and oxygen atoms in total. The lowest BCUT2D eigenvalue weighted by Crippen LogP contribution is -2.45. The first kappa shape index (κ1) is 34.8. The second kappa shape index (κ2) is 13.8. The number of benzene rings is 10. The number of hydrogen-bond donors (Lipinski definition) is 2. The van der Waals surface area contributed by atoms with Gasteiger partial charge in [0.2, 0.25) is 0 Å². The molecule has 2 unspecified atom stereocenters. The molecular weight excluding hydrogens is 757 g/mol. The monoisotopic (exact) mass is 794 g/mol. The second-order valence-corrected chi connectivity index (χ2v) is 16.3. The Morgan fingerprint density at radius 1 is 0.419 bits per heavy atom. The first-order chi connectivity index (χ1) is 30.7. The molecule has 0 radical (unpaired) electrons. The first-order valence-electron chi connectivity index (χ1n) is 21.3. The lowest BCUT2D eigenvalue weighted by molar-refractivity contribution is 0.409. The fourth-order valence-electron chi connectivity index (χ4n) is 9.94. The van der Waals surface area contributed by atoms with E-state index in [1.54, 1.807) is 0 Å². The van der Waals surface area contributed by atoms with Crippen LogP contribution in [0.3, 0.4) is 0 Å². The summed E-state index contributed by atoms with van der Waals surface area (Å²) in [5, 5.41) is 19.4. The second-order valence-electron chi connectivity index (χ2n) is 16.3. The van der Waals surface area contributed by atoms with E-state index < -0.39 is 0 Å². The Bertz CT molecular complexity index is 3660. The molecule has 12 aromatic rings. The summed E-state index contributed by atoms with van der Waals surface area (Å²) in [7, 11) is 0. The molecule has 10 aromatic carbocycles. The molecule has 3 heterocycles. The molecule has 0 saturated carbocycles. The molecule has 0 amide bonds. The van der Waals surface area contributed by atoms with Crippen molar-refractivity contribution in [1.82, 2.24) is 15.2 Å². The lowest BCUT2D eigenvalue weighted by atomic mass is 10.00. The lowest BCUT2D eigenvalue weighted by Gasteiger charge is -2.32. The zero-order chi connectivity index (χ0) is 40.7. The number of hydrogen-bond acceptors (Lipinski definition) is 4. The van der Waals surface area contributed by atoms with E-state index >= 15 is 0 Å². The molecule has 0 aliphatic carbocycles. The van der Waals surface area contributed by atoms with Crippen molar-refractivity contribution in [2.75, 3.05) is 0 Å². The van der Waals surface area contributed by atoms with Crippen LogP contribution in [0.25, 0.3) is 92.9 Å². The zero-order valence-electron chi connectivity index (χ0n) is 33.6. The summed E-state index contributed by atoms with van der Waals surface area (Å²) in [6, 6.07) is 73.9. The van der Waals surface area contributed by atoms with Crippen LogP contribution in [0.4, 0.5) is 0 Å². The van der Waals surface area contributed by atoms with Crippen molar-refractivity contribution in [3.05, 3.63) is 223 Å². The molecule has 0 fully saturated rings. The molecule has 2 N–H and O–H groups in total. The number of furan rings is 1. The quantitative estimate of drug-likeness (QED) is 0.182. The van der Waals surface area contributed by atoms with Crippen molar-refractivity contribution in [1.29, 1.82) is 0 Å². The summed E-state index contributed by atoms with van der Waals surface area (Å²) in [6.07, 6.45) is -0.526. The minimum atomic E-state index is -0.319. The van der Waals surface area contributed by atoms with E-state index in [2.05, 4.69) is 221 Å². The molecular formula is C57H38N4O. The molecule has 292 valence electrons. The van der Waals surface area contributed by atoms with Crippen molar-refractivity contribution in [3.8, 4) is 16.8 Å². The predicted molar refractivity (Wildman–Crippen MR) is 257 cm³/mol. The Labute approximate surface area is 357 Å². The number of aliphatic imine (C=N–C) groups is 1. The SMILES string of the molecule is c1ccc(-c2ccc(C3N=C(c4ccc(-n5c6ccc7ccccc7c6c6c7ccccc7ccc65)c5c4oc4c6ccccc6ccc45)NC(c4ccccc4)N3)cc2)cc1. The van der Waals surface area contributed by atoms with E-state index in [-0.39, 0.29) is 12.3 Å². The van der Waals surface area contributed by atoms with Crippen molar-refractivity contribution in [2.24, 2.45) is 4.99 Å². The highest BCUT2D eigenvalue weighted by Gasteiger charge is 2.29. The Kier molecular flexibility index (Phi) is 7.74. The molecule has 1 aliphatic rings. The maximum Gasteiger partial charge on any atom is 0.148 e. The Hall–Kier alpha value is -7.99. The Balaban J connectivity index is 1.08. The van der Waals surface area contributed by atoms with Crippen LogP contribution in [0.1, 0.15) is 29.0 Å². The minimum Gasteiger partial charge on any atom is -0.455 e. The average molecular weight is 795 g/mol. The molecule has 0 spiro atoms. The van der Waals surface area contributed by atoms with Crippen molar-refractivity contribution in [2.45, 2.75) is 12.3 Å². The van der Waals surface area contributed by atoms with Crippen LogP contribution in [0, 0.1) is 0 Å². The van der Waals surface area contributed by atoms with Crippen molar-refractivity contribution < 1.29 is 4.42 Å². The summed E-state index contributed by atoms with van der Waals surface area (Å²) in [5.74, 6) is 0.772. The molecule has 0 saturated heterocycles. The van der Waals surface area contributed by atoms with Gasteiger partial charge >= 0.3 is 0 Å². The number of amidine groups is 1. The molecule has 62 heavy (non-hydrogen) atoms. The van der Waals surface area contributed by atoms with E-state index in [4.69, 9.17) is 9.41 Å². The number of rotatable bonds is 5. The van der Waals surface area contributed by atoms with Gasteiger partial charge in [-0.2, -0.15) is 0 Å². The minimum absolute atomic E-state index is 0.207. The summed E-state index contributed by atoms with van der Waals surface area (Å²) >= 11 is 0. The van der Waals surface area contributed by atoms with Gasteiger partial charge in [0.15, 0.2) is 0 Å². The highest BCUT2D eigenvalue weighted by molar-refractivity contribution is 6.30. The summed E-state index contributed by atoms with van der Waals surface area (Å²) < 4.78 is 9.71. The fourth-order valence-corrected chi connectivity index (χ4v) is 9.94. The van der Waals surface area contributed by atoms with Gasteiger partial charge in [-0.1, -0.05) is 176 Å². The van der Waals surface area contributed by atoms with Crippen LogP contribution in [-0.2, 0) is 0 Å². The van der Waals surface area contributed by atoms with E-state index in [0.717, 1.165) is 72.0 Å². The van der Waals surface area contributed by atoms with Crippen molar-refractivity contribution >= 4 is 81.9 Å². The number of nitrogens with zero attached hydrogens (tertiary/aromatic N) is 2. The Morgan fingerprint density at radius 3 is 1.66 bits per heavy atom. The molecule has 2 aromatic heterocycles. The predicted octanol–water partition coefficient (Wildman–Crippen LogP) is 14.1. The fraction of sp³-hybridized carbons (Fsp3) is 0.0351. The molecule has 0 bridgehead atoms. The van der Waals surface area contributed by atoms with Crippen LogP contribution >= 0.6 is 0 Å². The number of nitrogens with one attached hydrogen (secondary N) is 2. The average Bonchev–Trinajstić information content (AvgIpc) is 3.92. The highest BCUT2D eigenvalue weighted by atomic mass is 16.3. The summed E-state index contributed by atoms with van der Waals surface area (Å²) in [5.41, 5.74) is 10.5. The smallest absolute Gasteiger partial charge is 0.148 e. The van der Waals surface area contributed by atoms with Gasteiger partial charge in [0.1, 0.15) is 29.3 Å². The molecule has 13 rings (SSSR count). The van der Waals surface area contributed by atoms with Crippen molar-refractivity contribution in [3.63, 3.8) is 0 Å². The van der Waals surface area contributed by atoms with Crippen LogP contribution < -0.4 is 10.6 Å². The zero-order valence-corrected chi connectivity index (χ0v) is 33.6. The topological polar surface area (TPSA) is 54.5 Å². The third-order valence-electron chi connectivity index (χ3n) is 12.9. The summed E-state index contributed by atoms with van der Waals surface area (Å²) in [6.45, 7) is 0. The van der Waals surface area contributed by atoms with E-state index in [1.807, 2.05) is 0 Å². The van der Waals surface area contributed by atoms with Gasteiger partial charge in [-0.3, -0.25) is 5.32 Å². The van der Waals surface area contributed by atoms with Crippen LogP contribution in [0.2, 0.25) is 0 Å². The van der Waals surface area contributed by atoms with Gasteiger partial charge in [-0.15, -0.1) is 0 Å². The standard InChI is InChI=1S/C57H38N4O/c1-3-13-35(14-4-1)36-23-25-41(26-24-36)56-58-55(40-18-5-2-6-19-40)59-57(60-56)46-31-34-49(52-45-30-27-39-17-9-12-22-44(39)53(45)62-54(46)52)61-47-32-28-37-15-7-10-20-42(37)50(47)51-43-21-11-8-16-38(43)29-33-48(51)61/h1-34,55-56,58H,(H,59,60). The molecule has 2 atom stereocenters. The highest BCUT2D eigenvalue weighted by Crippen LogP contribution is 2.45. The van der Waals surface area contributed by atoms with Crippen LogP contribution in [0.15, 0.2) is 216 Å². The van der Waals surface area contributed by atoms with E-state index in [1.165, 1.54) is 43.4 Å². The van der Waals surface area contributed by atoms with E-state index in [0.29, 0.717) is 0 Å². The number of fused-ring (bicyclic) bond motifs is 12. The van der Waals surface area contributed by atoms with Crippen LogP contribution in [0.5, 0.6) is 0 Å². The molecule has 5 heteroatoms. The largest absolute Gasteiger partial charge is 0.455 e. The normalized spacial score (nSPS) is 15.6. The van der Waals surface area contributed by atoms with Gasteiger partial charge in [0.05, 0.1) is 27.7 Å². The third kappa shape index (κ3) is 5.35. The van der Waals surface area contributed by atoms with Gasteiger partial charge < -0.3 is 14.3 Å². The van der Waals surface area contributed by atoms with Gasteiger partial charge in [-0.05, 0) is 79.5 Å². The van der Waals surface area contributed by atoms with Gasteiger partial charge in [0.25, 0.3) is 0 Å². The maximum atomic E-state index is 7.25. The van der Waals surface area contributed by atoms with Crippen LogP contribution in [-0.4, -0.2) is 10.4 Å². The Morgan fingerprint density at radius 2 is 0.984 bits per heavy atom. The molecule has 1 aliphatic heterocycles. The number of aromatic nitrogens is 1.